The van der Waals surface area contributed by atoms with Crippen molar-refractivity contribution >= 4 is 53.2 Å². The number of aromatic amines is 2. The smallest absolute Gasteiger partial charge is 0.241 e. The largest absolute Gasteiger partial charge is 0.361 e. The van der Waals surface area contributed by atoms with E-state index in [1.807, 2.05) is 59.9 Å². The molecule has 256 valence electrons. The second-order valence-corrected chi connectivity index (χ2v) is 17.8. The van der Waals surface area contributed by atoms with Gasteiger partial charge in [0, 0.05) is 58.3 Å². The molecule has 2 aromatic heterocycles. The van der Waals surface area contributed by atoms with Gasteiger partial charge in [0.2, 0.25) is 20.0 Å². The molecule has 0 amide bonds. The van der Waals surface area contributed by atoms with Gasteiger partial charge in [-0.1, -0.05) is 24.6 Å². The predicted octanol–water partition coefficient (Wildman–Crippen LogP) is 7.97. The minimum absolute atomic E-state index is 0.280. The van der Waals surface area contributed by atoms with Crippen LogP contribution < -0.4 is 9.44 Å². The fourth-order valence-electron chi connectivity index (χ4n) is 5.69. The number of benzene rings is 2. The second kappa shape index (κ2) is 14.9. The number of fused-ring (bicyclic) bond motifs is 2. The molecule has 2 aliphatic carbocycles. The number of H-pyrrole nitrogens is 2. The molecule has 0 bridgehead atoms. The highest BCUT2D eigenvalue weighted by Crippen LogP contribution is 2.33. The van der Waals surface area contributed by atoms with Crippen LogP contribution in [-0.4, -0.2) is 43.7 Å². The molecular formula is C36H50N4O5S2. The van der Waals surface area contributed by atoms with E-state index < -0.39 is 31.1 Å². The zero-order valence-electron chi connectivity index (χ0n) is 28.5. The number of rotatable bonds is 5. The van der Waals surface area contributed by atoms with E-state index in [-0.39, 0.29) is 4.90 Å². The lowest BCUT2D eigenvalue weighted by Gasteiger charge is -2.20. The van der Waals surface area contributed by atoms with E-state index in [9.17, 15) is 21.6 Å². The normalized spacial score (nSPS) is 16.2. The summed E-state index contributed by atoms with van der Waals surface area (Å²) in [5, 5.41) is 2.09. The first-order valence-electron chi connectivity index (χ1n) is 16.4. The molecule has 1 fully saturated rings. The van der Waals surface area contributed by atoms with Crippen LogP contribution in [-0.2, 0) is 24.8 Å². The topological polar surface area (TPSA) is 141 Å². The first-order valence-corrected chi connectivity index (χ1v) is 19.4. The Bertz CT molecular complexity index is 1930. The summed E-state index contributed by atoms with van der Waals surface area (Å²) in [4.78, 5) is 17.3. The summed E-state index contributed by atoms with van der Waals surface area (Å²) in [5.74, 6) is 0.464. The molecule has 0 atom stereocenters. The average Bonchev–Trinajstić information content (AvgIpc) is 3.63. The highest BCUT2D eigenvalue weighted by atomic mass is 32.2. The number of nitrogens with one attached hydrogen (secondary N) is 4. The summed E-state index contributed by atoms with van der Waals surface area (Å²) in [6.07, 6.45) is 16.0. The summed E-state index contributed by atoms with van der Waals surface area (Å²) in [5.41, 5.74) is 3.27. The maximum Gasteiger partial charge on any atom is 0.241 e. The third-order valence-corrected chi connectivity index (χ3v) is 11.2. The molecule has 0 unspecified atom stereocenters. The third-order valence-electron chi connectivity index (χ3n) is 7.73. The van der Waals surface area contributed by atoms with E-state index in [0.29, 0.717) is 10.7 Å². The number of Topliss-reactive ketones (excluding diaryl/α,β-unsaturated/α-hetero) is 1. The first-order chi connectivity index (χ1) is 21.9. The molecule has 6 rings (SSSR count). The van der Waals surface area contributed by atoms with Crippen LogP contribution in [0.5, 0.6) is 0 Å². The van der Waals surface area contributed by atoms with Gasteiger partial charge in [-0.2, -0.15) is 0 Å². The van der Waals surface area contributed by atoms with Crippen molar-refractivity contribution in [3.63, 3.8) is 0 Å². The van der Waals surface area contributed by atoms with Crippen LogP contribution >= 0.6 is 0 Å². The first kappa shape index (κ1) is 36.6. The summed E-state index contributed by atoms with van der Waals surface area (Å²) < 4.78 is 54.4. The number of carbonyl (C=O) groups excluding carboxylic acids is 1. The van der Waals surface area contributed by atoms with E-state index >= 15 is 0 Å². The Kier molecular flexibility index (Phi) is 11.6. The van der Waals surface area contributed by atoms with Crippen LogP contribution in [0.1, 0.15) is 105 Å². The average molecular weight is 683 g/mol. The molecule has 0 saturated heterocycles. The fraction of sp³-hybridized carbons (Fsp3) is 0.472. The van der Waals surface area contributed by atoms with Crippen LogP contribution in [0, 0.1) is 0 Å². The molecule has 47 heavy (non-hydrogen) atoms. The maximum absolute atomic E-state index is 12.5. The van der Waals surface area contributed by atoms with E-state index in [1.165, 1.54) is 30.4 Å². The van der Waals surface area contributed by atoms with Crippen molar-refractivity contribution < 1.29 is 21.6 Å². The van der Waals surface area contributed by atoms with E-state index in [2.05, 4.69) is 25.5 Å². The molecule has 11 heteroatoms. The quantitative estimate of drug-likeness (QED) is 0.169. The Morgan fingerprint density at radius 3 is 1.77 bits per heavy atom. The number of hydrogen-bond acceptors (Lipinski definition) is 5. The molecule has 2 heterocycles. The van der Waals surface area contributed by atoms with E-state index in [4.69, 9.17) is 0 Å². The maximum atomic E-state index is 12.5. The van der Waals surface area contributed by atoms with Crippen LogP contribution in [0.4, 0.5) is 0 Å². The fourth-order valence-corrected chi connectivity index (χ4v) is 8.57. The highest BCUT2D eigenvalue weighted by molar-refractivity contribution is 7.89. The van der Waals surface area contributed by atoms with Crippen molar-refractivity contribution in [2.24, 2.45) is 0 Å². The van der Waals surface area contributed by atoms with Crippen molar-refractivity contribution in [3.05, 3.63) is 66.5 Å². The standard InChI is InChI=1S/C18H24N2O2S.C12H16N2O2S.C6H10O/c1-18(2,3)20-23(21,22)14-9-10-15-16(12-19-17(15)11-14)13-7-5-4-6-8-13;1-12(2,3)14-17(15,16)10-5-4-9-6-7-13-11(9)8-10;7-6-4-2-1-3-5-6/h7,9-12,19-20H,4-6,8H2,1-3H3;4-8,13-14H,1-3H3;1-5H2. The van der Waals surface area contributed by atoms with Crippen molar-refractivity contribution in [1.82, 2.24) is 19.4 Å². The SMILES string of the molecule is CC(C)(C)NS(=O)(=O)c1ccc2c(C3=CCCCC3)c[nH]c2c1.CC(C)(C)NS(=O)(=O)c1ccc2cc[nH]c2c1.O=C1CCCCC1. The van der Waals surface area contributed by atoms with Gasteiger partial charge in [0.05, 0.1) is 9.79 Å². The lowest BCUT2D eigenvalue weighted by atomic mass is 9.93. The van der Waals surface area contributed by atoms with Crippen LogP contribution in [0.25, 0.3) is 27.4 Å². The molecule has 2 aromatic carbocycles. The number of sulfonamides is 2. The summed E-state index contributed by atoms with van der Waals surface area (Å²) in [6, 6.07) is 12.3. The monoisotopic (exact) mass is 682 g/mol. The Balaban J connectivity index is 0.000000182. The predicted molar refractivity (Wildman–Crippen MR) is 191 cm³/mol. The Hall–Kier alpha value is -3.25. The zero-order chi connectivity index (χ0) is 34.5. The number of aromatic nitrogens is 2. The lowest BCUT2D eigenvalue weighted by Crippen LogP contribution is -2.40. The van der Waals surface area contributed by atoms with E-state index in [0.717, 1.165) is 60.3 Å². The molecule has 0 radical (unpaired) electrons. The molecule has 9 nitrogen and oxygen atoms in total. The second-order valence-electron chi connectivity index (χ2n) is 14.4. The van der Waals surface area contributed by atoms with Gasteiger partial charge < -0.3 is 9.97 Å². The molecule has 4 N–H and O–H groups in total. The number of hydrogen-bond donors (Lipinski definition) is 4. The molecule has 0 aliphatic heterocycles. The number of allylic oxidation sites excluding steroid dienone is 2. The van der Waals surface area contributed by atoms with E-state index in [1.54, 1.807) is 36.5 Å². The van der Waals surface area contributed by atoms with Crippen molar-refractivity contribution in [1.29, 1.82) is 0 Å². The van der Waals surface area contributed by atoms with Gasteiger partial charge in [-0.15, -0.1) is 0 Å². The Morgan fingerprint density at radius 2 is 1.23 bits per heavy atom. The summed E-state index contributed by atoms with van der Waals surface area (Å²) in [6.45, 7) is 11.0. The minimum atomic E-state index is -3.51. The molecule has 1 saturated carbocycles. The van der Waals surface area contributed by atoms with Gasteiger partial charge in [-0.3, -0.25) is 4.79 Å². The molecule has 2 aliphatic rings. The van der Waals surface area contributed by atoms with Gasteiger partial charge in [-0.05, 0) is 121 Å². The molecule has 4 aromatic rings. The van der Waals surface area contributed by atoms with Crippen molar-refractivity contribution in [3.8, 4) is 0 Å². The minimum Gasteiger partial charge on any atom is -0.361 e. The number of carbonyl (C=O) groups is 1. The summed E-state index contributed by atoms with van der Waals surface area (Å²) >= 11 is 0. The van der Waals surface area contributed by atoms with Crippen molar-refractivity contribution in [2.75, 3.05) is 0 Å². The third kappa shape index (κ3) is 10.6. The van der Waals surface area contributed by atoms with Gasteiger partial charge >= 0.3 is 0 Å². The van der Waals surface area contributed by atoms with Gasteiger partial charge in [-0.25, -0.2) is 26.3 Å². The van der Waals surface area contributed by atoms with Crippen LogP contribution in [0.2, 0.25) is 0 Å². The Morgan fingerprint density at radius 1 is 0.660 bits per heavy atom. The van der Waals surface area contributed by atoms with Gasteiger partial charge in [0.25, 0.3) is 0 Å². The zero-order valence-corrected chi connectivity index (χ0v) is 30.1. The van der Waals surface area contributed by atoms with Gasteiger partial charge in [0.15, 0.2) is 0 Å². The van der Waals surface area contributed by atoms with Gasteiger partial charge in [0.1, 0.15) is 5.78 Å². The lowest BCUT2D eigenvalue weighted by molar-refractivity contribution is -0.120. The number of ketones is 1. The molecule has 0 spiro atoms. The van der Waals surface area contributed by atoms with Crippen LogP contribution in [0.15, 0.2) is 70.7 Å². The van der Waals surface area contributed by atoms with Crippen LogP contribution in [0.3, 0.4) is 0 Å². The van der Waals surface area contributed by atoms with Crippen molar-refractivity contribution in [2.45, 2.75) is 120 Å². The Labute approximate surface area is 280 Å². The summed E-state index contributed by atoms with van der Waals surface area (Å²) in [7, 11) is -6.97. The molecular weight excluding hydrogens is 633 g/mol. The highest BCUT2D eigenvalue weighted by Gasteiger charge is 2.24.